The molecule has 0 aliphatic carbocycles. The van der Waals surface area contributed by atoms with E-state index < -0.39 is 0 Å². The van der Waals surface area contributed by atoms with Gasteiger partial charge < -0.3 is 10.2 Å². The number of nitrogens with one attached hydrogen (secondary N) is 1. The van der Waals surface area contributed by atoms with Gasteiger partial charge in [-0.1, -0.05) is 34.1 Å². The van der Waals surface area contributed by atoms with Gasteiger partial charge >= 0.3 is 0 Å². The fraction of sp³-hybridized carbons (Fsp3) is 0.333. The van der Waals surface area contributed by atoms with Crippen LogP contribution >= 0.6 is 15.9 Å². The van der Waals surface area contributed by atoms with E-state index >= 15 is 0 Å². The number of anilines is 1. The average molecular weight is 333 g/mol. The molecule has 1 fully saturated rings. The zero-order valence-electron chi connectivity index (χ0n) is 11.2. The van der Waals surface area contributed by atoms with Crippen LogP contribution in [0.1, 0.15) is 6.42 Å². The van der Waals surface area contributed by atoms with Crippen LogP contribution in [0.25, 0.3) is 11.1 Å². The van der Waals surface area contributed by atoms with Crippen molar-refractivity contribution in [2.75, 3.05) is 31.1 Å². The highest BCUT2D eigenvalue weighted by Crippen LogP contribution is 2.27. The van der Waals surface area contributed by atoms with E-state index in [9.17, 15) is 0 Å². The molecule has 0 unspecified atom stereocenters. The predicted molar refractivity (Wildman–Crippen MR) is 84.9 cm³/mol. The predicted octanol–water partition coefficient (Wildman–Crippen LogP) is 2.71. The van der Waals surface area contributed by atoms with Gasteiger partial charge in [-0.15, -0.1) is 0 Å². The third-order valence-electron chi connectivity index (χ3n) is 3.45. The minimum atomic E-state index is 0.824. The Balaban J connectivity index is 1.82. The van der Waals surface area contributed by atoms with Crippen LogP contribution in [0.15, 0.2) is 41.1 Å². The first-order valence-electron chi connectivity index (χ1n) is 6.87. The lowest BCUT2D eigenvalue weighted by Crippen LogP contribution is -2.29. The summed E-state index contributed by atoms with van der Waals surface area (Å²) < 4.78 is 1.07. The molecule has 1 saturated heterocycles. The van der Waals surface area contributed by atoms with Crippen molar-refractivity contribution in [1.82, 2.24) is 15.3 Å². The van der Waals surface area contributed by atoms with Crippen molar-refractivity contribution in [2.45, 2.75) is 6.42 Å². The van der Waals surface area contributed by atoms with Crippen LogP contribution in [-0.4, -0.2) is 36.1 Å². The summed E-state index contributed by atoms with van der Waals surface area (Å²) in [7, 11) is 0. The summed E-state index contributed by atoms with van der Waals surface area (Å²) >= 11 is 3.56. The normalized spacial score (nSPS) is 15.9. The molecule has 0 atom stereocenters. The number of rotatable bonds is 2. The van der Waals surface area contributed by atoms with Gasteiger partial charge in [-0.3, -0.25) is 0 Å². The number of hydrogen-bond donors (Lipinski definition) is 1. The Labute approximate surface area is 127 Å². The molecule has 2 aromatic rings. The third-order valence-corrected chi connectivity index (χ3v) is 4.14. The zero-order valence-corrected chi connectivity index (χ0v) is 12.8. The Morgan fingerprint density at radius 3 is 2.65 bits per heavy atom. The van der Waals surface area contributed by atoms with Crippen molar-refractivity contribution in [1.29, 1.82) is 0 Å². The summed E-state index contributed by atoms with van der Waals surface area (Å²) in [5.74, 6) is 0.824. The second-order valence-corrected chi connectivity index (χ2v) is 5.70. The van der Waals surface area contributed by atoms with Crippen LogP contribution in [0, 0.1) is 0 Å². The molecule has 1 aliphatic heterocycles. The fourth-order valence-corrected chi connectivity index (χ4v) is 2.88. The van der Waals surface area contributed by atoms with Crippen molar-refractivity contribution in [3.63, 3.8) is 0 Å². The number of nitrogens with zero attached hydrogens (tertiary/aromatic N) is 3. The summed E-state index contributed by atoms with van der Waals surface area (Å²) in [6, 6.07) is 8.13. The number of halogens is 1. The molecule has 1 aliphatic rings. The first-order chi connectivity index (χ1) is 9.84. The highest BCUT2D eigenvalue weighted by Gasteiger charge is 2.12. The van der Waals surface area contributed by atoms with Gasteiger partial charge in [-0.25, -0.2) is 9.97 Å². The van der Waals surface area contributed by atoms with Gasteiger partial charge in [0.15, 0.2) is 0 Å². The molecule has 0 saturated carbocycles. The average Bonchev–Trinajstić information content (AvgIpc) is 2.77. The van der Waals surface area contributed by atoms with Gasteiger partial charge in [0.1, 0.15) is 0 Å². The molecule has 1 N–H and O–H groups in total. The standard InChI is InChI=1S/C15H17BrN4/c16-14-5-2-1-4-13(14)12-10-18-15(19-11-12)20-8-3-6-17-7-9-20/h1-2,4-5,10-11,17H,3,6-9H2. The summed E-state index contributed by atoms with van der Waals surface area (Å²) in [4.78, 5) is 11.3. The molecule has 0 bridgehead atoms. The van der Waals surface area contributed by atoms with E-state index in [1.165, 1.54) is 0 Å². The molecule has 0 radical (unpaired) electrons. The maximum absolute atomic E-state index is 4.53. The number of hydrogen-bond acceptors (Lipinski definition) is 4. The van der Waals surface area contributed by atoms with Crippen molar-refractivity contribution in [3.05, 3.63) is 41.1 Å². The van der Waals surface area contributed by atoms with Crippen LogP contribution in [0.4, 0.5) is 5.95 Å². The van der Waals surface area contributed by atoms with E-state index in [0.29, 0.717) is 0 Å². The first kappa shape index (κ1) is 13.5. The lowest BCUT2D eigenvalue weighted by molar-refractivity contribution is 0.724. The molecule has 4 nitrogen and oxygen atoms in total. The molecule has 104 valence electrons. The molecule has 0 spiro atoms. The smallest absolute Gasteiger partial charge is 0.225 e. The van der Waals surface area contributed by atoms with Crippen molar-refractivity contribution in [2.24, 2.45) is 0 Å². The van der Waals surface area contributed by atoms with Crippen LogP contribution in [0.2, 0.25) is 0 Å². The highest BCUT2D eigenvalue weighted by atomic mass is 79.9. The Hall–Kier alpha value is -1.46. The van der Waals surface area contributed by atoms with Crippen molar-refractivity contribution in [3.8, 4) is 11.1 Å². The third kappa shape index (κ3) is 2.99. The monoisotopic (exact) mass is 332 g/mol. The van der Waals surface area contributed by atoms with E-state index in [4.69, 9.17) is 0 Å². The van der Waals surface area contributed by atoms with Crippen LogP contribution in [-0.2, 0) is 0 Å². The van der Waals surface area contributed by atoms with Gasteiger partial charge in [0.25, 0.3) is 0 Å². The molecule has 0 amide bonds. The molecule has 2 heterocycles. The van der Waals surface area contributed by atoms with Gasteiger partial charge in [0.05, 0.1) is 0 Å². The first-order valence-corrected chi connectivity index (χ1v) is 7.66. The SMILES string of the molecule is Brc1ccccc1-c1cnc(N2CCCNCC2)nc1. The Morgan fingerprint density at radius 1 is 1.05 bits per heavy atom. The zero-order chi connectivity index (χ0) is 13.8. The lowest BCUT2D eigenvalue weighted by Gasteiger charge is -2.19. The van der Waals surface area contributed by atoms with E-state index in [-0.39, 0.29) is 0 Å². The molecular formula is C15H17BrN4. The highest BCUT2D eigenvalue weighted by molar-refractivity contribution is 9.10. The quantitative estimate of drug-likeness (QED) is 0.918. The van der Waals surface area contributed by atoms with Crippen LogP contribution in [0.5, 0.6) is 0 Å². The second-order valence-electron chi connectivity index (χ2n) is 4.84. The van der Waals surface area contributed by atoms with Crippen molar-refractivity contribution < 1.29 is 0 Å². The molecule has 1 aromatic heterocycles. The molecular weight excluding hydrogens is 316 g/mol. The summed E-state index contributed by atoms with van der Waals surface area (Å²) in [5.41, 5.74) is 2.16. The van der Waals surface area contributed by atoms with Crippen LogP contribution < -0.4 is 10.2 Å². The van der Waals surface area contributed by atoms with E-state index in [0.717, 1.165) is 54.1 Å². The summed E-state index contributed by atoms with van der Waals surface area (Å²) in [6.45, 7) is 4.05. The minimum absolute atomic E-state index is 0.824. The second kappa shape index (κ2) is 6.33. The van der Waals surface area contributed by atoms with Gasteiger partial charge in [-0.05, 0) is 24.6 Å². The summed E-state index contributed by atoms with van der Waals surface area (Å²) in [6.07, 6.45) is 4.94. The largest absolute Gasteiger partial charge is 0.340 e. The topological polar surface area (TPSA) is 41.1 Å². The number of benzene rings is 1. The van der Waals surface area contributed by atoms with Crippen molar-refractivity contribution >= 4 is 21.9 Å². The number of aromatic nitrogens is 2. The van der Waals surface area contributed by atoms with E-state index in [1.54, 1.807) is 0 Å². The van der Waals surface area contributed by atoms with Gasteiger partial charge in [0, 0.05) is 42.1 Å². The molecule has 5 heteroatoms. The van der Waals surface area contributed by atoms with E-state index in [1.807, 2.05) is 30.6 Å². The van der Waals surface area contributed by atoms with Gasteiger partial charge in [-0.2, -0.15) is 0 Å². The Bertz CT molecular complexity index is 562. The maximum Gasteiger partial charge on any atom is 0.225 e. The molecule has 20 heavy (non-hydrogen) atoms. The van der Waals surface area contributed by atoms with E-state index in [2.05, 4.69) is 42.2 Å². The lowest BCUT2D eigenvalue weighted by atomic mass is 10.1. The molecule has 3 rings (SSSR count). The van der Waals surface area contributed by atoms with Crippen LogP contribution in [0.3, 0.4) is 0 Å². The Kier molecular flexibility index (Phi) is 4.28. The Morgan fingerprint density at radius 2 is 1.85 bits per heavy atom. The fourth-order valence-electron chi connectivity index (χ4n) is 2.36. The molecule has 1 aromatic carbocycles. The van der Waals surface area contributed by atoms with Gasteiger partial charge in [0.2, 0.25) is 5.95 Å². The maximum atomic E-state index is 4.53. The summed E-state index contributed by atoms with van der Waals surface area (Å²) in [5, 5.41) is 3.39. The minimum Gasteiger partial charge on any atom is -0.340 e.